The Morgan fingerprint density at radius 1 is 0.425 bits per heavy atom. The highest BCUT2D eigenvalue weighted by Crippen LogP contribution is 2.38. The smallest absolute Gasteiger partial charge is 0.122 e. The molecule has 5 aromatic rings. The molecule has 6 rings (SSSR count). The molecule has 1 aromatic heterocycles. The van der Waals surface area contributed by atoms with Crippen LogP contribution >= 0.6 is 0 Å². The minimum Gasteiger partial charge on any atom is -0.507 e. The lowest BCUT2D eigenvalue weighted by Crippen LogP contribution is -2.00. The van der Waals surface area contributed by atoms with Crippen molar-refractivity contribution in [3.8, 4) is 23.0 Å². The highest BCUT2D eigenvalue weighted by Gasteiger charge is 2.19. The molecule has 1 aliphatic carbocycles. The van der Waals surface area contributed by atoms with Gasteiger partial charge < -0.3 is 20.4 Å². The number of hydrogen-bond acceptors (Lipinski definition) is 7. The fourth-order valence-electron chi connectivity index (χ4n) is 5.21. The second-order valence-corrected chi connectivity index (χ2v) is 10.00. The third-order valence-corrected chi connectivity index (χ3v) is 7.33. The van der Waals surface area contributed by atoms with Crippen LogP contribution in [0.5, 0.6) is 23.0 Å². The van der Waals surface area contributed by atoms with Crippen molar-refractivity contribution in [2.75, 3.05) is 0 Å². The van der Waals surface area contributed by atoms with Crippen LogP contribution in [0, 0.1) is 0 Å². The van der Waals surface area contributed by atoms with E-state index < -0.39 is 0 Å². The fraction of sp³-hybridized carbons (Fsp3) is 0.121. The lowest BCUT2D eigenvalue weighted by atomic mass is 9.91. The molecule has 0 unspecified atom stereocenters. The number of pyridine rings is 1. The molecule has 8 bridgehead atoms. The van der Waals surface area contributed by atoms with Crippen LogP contribution in [0.3, 0.4) is 0 Å². The van der Waals surface area contributed by atoms with E-state index in [0.29, 0.717) is 68.7 Å². The molecule has 7 heteroatoms. The maximum Gasteiger partial charge on any atom is 0.122 e. The van der Waals surface area contributed by atoms with Gasteiger partial charge in [-0.15, -0.1) is 0 Å². The van der Waals surface area contributed by atoms with Gasteiger partial charge in [-0.2, -0.15) is 10.2 Å². The van der Waals surface area contributed by atoms with Gasteiger partial charge in [0.25, 0.3) is 0 Å². The molecule has 0 aliphatic heterocycles. The van der Waals surface area contributed by atoms with Crippen molar-refractivity contribution >= 4 is 11.4 Å². The van der Waals surface area contributed by atoms with Crippen molar-refractivity contribution in [2.45, 2.75) is 25.7 Å². The number of fused-ring (bicyclic) bond motifs is 8. The van der Waals surface area contributed by atoms with Crippen molar-refractivity contribution in [3.05, 3.63) is 136 Å². The first-order valence-electron chi connectivity index (χ1n) is 13.0. The molecule has 198 valence electrons. The van der Waals surface area contributed by atoms with Gasteiger partial charge in [-0.05, 0) is 57.6 Å². The summed E-state index contributed by atoms with van der Waals surface area (Å²) in [4.78, 5) is 4.01. The molecule has 40 heavy (non-hydrogen) atoms. The highest BCUT2D eigenvalue weighted by atomic mass is 16.3. The van der Waals surface area contributed by atoms with Crippen LogP contribution in [0.2, 0.25) is 0 Å². The SMILES string of the molecule is Oc1c2cccc1Cc1cccc(c1O)Cc1cc(N=Nc3ccncc3)cc(c1O)Cc1cccc(c1O)C2. The molecule has 0 spiro atoms. The van der Waals surface area contributed by atoms with Crippen LogP contribution < -0.4 is 0 Å². The molecule has 1 aliphatic rings. The molecule has 0 atom stereocenters. The van der Waals surface area contributed by atoms with Gasteiger partial charge in [-0.25, -0.2) is 0 Å². The number of aromatic hydroxyl groups is 4. The first-order chi connectivity index (χ1) is 19.5. The van der Waals surface area contributed by atoms with Gasteiger partial charge in [0.2, 0.25) is 0 Å². The molecule has 0 amide bonds. The number of nitrogens with zero attached hydrogens (tertiary/aromatic N) is 3. The van der Waals surface area contributed by atoms with Gasteiger partial charge in [0.05, 0.1) is 11.4 Å². The van der Waals surface area contributed by atoms with Crippen LogP contribution in [-0.2, 0) is 25.7 Å². The van der Waals surface area contributed by atoms with E-state index >= 15 is 0 Å². The highest BCUT2D eigenvalue weighted by molar-refractivity contribution is 5.58. The average molecular weight is 530 g/mol. The maximum absolute atomic E-state index is 11.4. The molecule has 4 aromatic carbocycles. The summed E-state index contributed by atoms with van der Waals surface area (Å²) in [6.07, 6.45) is 4.41. The van der Waals surface area contributed by atoms with Crippen LogP contribution in [0.15, 0.2) is 101 Å². The van der Waals surface area contributed by atoms with E-state index in [4.69, 9.17) is 0 Å². The van der Waals surface area contributed by atoms with Crippen molar-refractivity contribution in [3.63, 3.8) is 0 Å². The number of hydrogen-bond donors (Lipinski definition) is 4. The summed E-state index contributed by atoms with van der Waals surface area (Å²) >= 11 is 0. The number of phenols is 4. The zero-order valence-electron chi connectivity index (χ0n) is 21.6. The monoisotopic (exact) mass is 529 g/mol. The molecule has 0 fully saturated rings. The van der Waals surface area contributed by atoms with Crippen molar-refractivity contribution in [2.24, 2.45) is 10.2 Å². The zero-order chi connectivity index (χ0) is 27.6. The van der Waals surface area contributed by atoms with E-state index in [1.165, 1.54) is 0 Å². The summed E-state index contributed by atoms with van der Waals surface area (Å²) in [5, 5.41) is 53.6. The predicted molar refractivity (Wildman–Crippen MR) is 152 cm³/mol. The second-order valence-electron chi connectivity index (χ2n) is 10.00. The topological polar surface area (TPSA) is 119 Å². The third kappa shape index (κ3) is 4.97. The van der Waals surface area contributed by atoms with Crippen LogP contribution in [-0.4, -0.2) is 25.4 Å². The van der Waals surface area contributed by atoms with Gasteiger partial charge in [-0.1, -0.05) is 54.6 Å². The Morgan fingerprint density at radius 3 is 1.15 bits per heavy atom. The largest absolute Gasteiger partial charge is 0.507 e. The zero-order valence-corrected chi connectivity index (χ0v) is 21.6. The van der Waals surface area contributed by atoms with Crippen molar-refractivity contribution in [1.82, 2.24) is 4.98 Å². The van der Waals surface area contributed by atoms with Gasteiger partial charge >= 0.3 is 0 Å². The predicted octanol–water partition coefficient (Wildman–Crippen LogP) is 7.00. The van der Waals surface area contributed by atoms with Crippen molar-refractivity contribution < 1.29 is 20.4 Å². The third-order valence-electron chi connectivity index (χ3n) is 7.33. The Labute approximate surface area is 231 Å². The normalized spacial score (nSPS) is 12.9. The second kappa shape index (κ2) is 10.5. The van der Waals surface area contributed by atoms with E-state index in [1.807, 2.05) is 54.6 Å². The fourth-order valence-corrected chi connectivity index (χ4v) is 5.21. The number of rotatable bonds is 2. The summed E-state index contributed by atoms with van der Waals surface area (Å²) in [6.45, 7) is 0. The first-order valence-corrected chi connectivity index (χ1v) is 13.0. The minimum absolute atomic E-state index is 0.0763. The maximum atomic E-state index is 11.4. The molecule has 0 radical (unpaired) electrons. The number of aromatic nitrogens is 1. The quantitative estimate of drug-likeness (QED) is 0.180. The molecule has 0 saturated carbocycles. The van der Waals surface area contributed by atoms with E-state index in [2.05, 4.69) is 15.2 Å². The van der Waals surface area contributed by atoms with E-state index in [-0.39, 0.29) is 35.8 Å². The van der Waals surface area contributed by atoms with Gasteiger partial charge in [0.1, 0.15) is 23.0 Å². The Kier molecular flexibility index (Phi) is 6.62. The van der Waals surface area contributed by atoms with Crippen molar-refractivity contribution in [1.29, 1.82) is 0 Å². The number of para-hydroxylation sites is 3. The van der Waals surface area contributed by atoms with Crippen LogP contribution in [0.25, 0.3) is 0 Å². The number of benzene rings is 4. The lowest BCUT2D eigenvalue weighted by molar-refractivity contribution is 0.450. The summed E-state index contributed by atoms with van der Waals surface area (Å²) in [5.41, 5.74) is 6.26. The lowest BCUT2D eigenvalue weighted by Gasteiger charge is -2.17. The Hall–Kier alpha value is -5.17. The molecular weight excluding hydrogens is 502 g/mol. The summed E-state index contributed by atoms with van der Waals surface area (Å²) < 4.78 is 0. The van der Waals surface area contributed by atoms with Gasteiger partial charge in [0.15, 0.2) is 0 Å². The van der Waals surface area contributed by atoms with Crippen LogP contribution in [0.1, 0.15) is 44.5 Å². The van der Waals surface area contributed by atoms with Gasteiger partial charge in [-0.3, -0.25) is 4.98 Å². The van der Waals surface area contributed by atoms with E-state index in [9.17, 15) is 20.4 Å². The Bertz CT molecular complexity index is 1650. The standard InChI is InChI=1S/C33H27N3O4/c37-30-20-4-1-5-21(30)15-23-7-3-9-25(32(23)39)17-27-19-29(36-35-28-10-12-34-13-11-28)18-26(33(27)40)16-24-8-2-6-22(14-20)31(24)38/h1-13,18-19,37-40H,14-17H2. The summed E-state index contributed by atoms with van der Waals surface area (Å²) in [7, 11) is 0. The minimum atomic E-state index is 0.0763. The summed E-state index contributed by atoms with van der Waals surface area (Å²) in [5.74, 6) is 0.461. The molecule has 1 heterocycles. The molecular formula is C33H27N3O4. The number of phenolic OH excluding ortho intramolecular Hbond substituents is 4. The Balaban J connectivity index is 1.52. The molecule has 7 nitrogen and oxygen atoms in total. The Morgan fingerprint density at radius 2 is 0.750 bits per heavy atom. The van der Waals surface area contributed by atoms with E-state index in [1.54, 1.807) is 36.7 Å². The average Bonchev–Trinajstić information content (AvgIpc) is 2.96. The summed E-state index contributed by atoms with van der Waals surface area (Å²) in [6, 6.07) is 23.6. The first kappa shape index (κ1) is 25.1. The van der Waals surface area contributed by atoms with Crippen LogP contribution in [0.4, 0.5) is 11.4 Å². The van der Waals surface area contributed by atoms with E-state index in [0.717, 1.165) is 0 Å². The number of azo groups is 1. The van der Waals surface area contributed by atoms with Gasteiger partial charge in [0, 0.05) is 49.2 Å². The molecule has 4 N–H and O–H groups in total. The molecule has 0 saturated heterocycles.